The highest BCUT2D eigenvalue weighted by atomic mass is 32.1. The summed E-state index contributed by atoms with van der Waals surface area (Å²) in [6.07, 6.45) is 3.38. The molecule has 112 valence electrons. The quantitative estimate of drug-likeness (QED) is 0.803. The fourth-order valence-electron chi connectivity index (χ4n) is 2.26. The highest BCUT2D eigenvalue weighted by Crippen LogP contribution is 2.27. The molecule has 0 aliphatic rings. The van der Waals surface area contributed by atoms with E-state index in [1.807, 2.05) is 37.3 Å². The summed E-state index contributed by atoms with van der Waals surface area (Å²) in [4.78, 5) is 19.6. The maximum Gasteiger partial charge on any atom is 0.257 e. The number of H-pyrrole nitrogens is 1. The monoisotopic (exact) mass is 312 g/mol. The molecule has 0 radical (unpaired) electrons. The van der Waals surface area contributed by atoms with Gasteiger partial charge in [-0.2, -0.15) is 5.10 Å². The molecule has 22 heavy (non-hydrogen) atoms. The minimum Gasteiger partial charge on any atom is -0.334 e. The Balaban J connectivity index is 1.89. The standard InChI is InChI=1S/C16H16N4OS/c1-11(14-9-17-10-22-14)20(2)16(21)13-8-18-19-15(13)12-6-4-3-5-7-12/h3-11H,1-2H3,(H,18,19)/t11-/m0/s1. The van der Waals surface area contributed by atoms with Gasteiger partial charge in [0.15, 0.2) is 0 Å². The first-order valence-electron chi connectivity index (χ1n) is 6.93. The third kappa shape index (κ3) is 2.65. The number of nitrogens with zero attached hydrogens (tertiary/aromatic N) is 3. The third-order valence-corrected chi connectivity index (χ3v) is 4.64. The van der Waals surface area contributed by atoms with E-state index in [2.05, 4.69) is 15.2 Å². The number of amides is 1. The average Bonchev–Trinajstić information content (AvgIpc) is 3.24. The van der Waals surface area contributed by atoms with Crippen molar-refractivity contribution in [2.75, 3.05) is 7.05 Å². The van der Waals surface area contributed by atoms with Crippen LogP contribution in [-0.4, -0.2) is 33.0 Å². The van der Waals surface area contributed by atoms with Gasteiger partial charge >= 0.3 is 0 Å². The molecule has 0 spiro atoms. The molecule has 1 amide bonds. The van der Waals surface area contributed by atoms with Crippen LogP contribution in [0.3, 0.4) is 0 Å². The van der Waals surface area contributed by atoms with E-state index in [1.54, 1.807) is 41.2 Å². The molecule has 0 saturated heterocycles. The largest absolute Gasteiger partial charge is 0.334 e. The zero-order chi connectivity index (χ0) is 15.5. The number of carbonyl (C=O) groups excluding carboxylic acids is 1. The van der Waals surface area contributed by atoms with Crippen molar-refractivity contribution in [2.45, 2.75) is 13.0 Å². The molecule has 1 N–H and O–H groups in total. The summed E-state index contributed by atoms with van der Waals surface area (Å²) < 4.78 is 0. The molecule has 0 saturated carbocycles. The lowest BCUT2D eigenvalue weighted by Crippen LogP contribution is -2.29. The maximum absolute atomic E-state index is 12.8. The molecule has 3 rings (SSSR count). The van der Waals surface area contributed by atoms with Gasteiger partial charge in [-0.3, -0.25) is 14.9 Å². The molecule has 0 aliphatic heterocycles. The molecule has 1 aromatic carbocycles. The number of thiazole rings is 1. The van der Waals surface area contributed by atoms with Crippen molar-refractivity contribution < 1.29 is 4.79 Å². The topological polar surface area (TPSA) is 61.9 Å². The van der Waals surface area contributed by atoms with Crippen LogP contribution < -0.4 is 0 Å². The van der Waals surface area contributed by atoms with Crippen LogP contribution in [0.25, 0.3) is 11.3 Å². The molecule has 1 atom stereocenters. The number of rotatable bonds is 4. The Hall–Kier alpha value is -2.47. The Morgan fingerprint density at radius 3 is 2.73 bits per heavy atom. The van der Waals surface area contributed by atoms with Crippen LogP contribution >= 0.6 is 11.3 Å². The van der Waals surface area contributed by atoms with Gasteiger partial charge in [-0.15, -0.1) is 11.3 Å². The predicted octanol–water partition coefficient (Wildman–Crippen LogP) is 3.37. The Bertz CT molecular complexity index is 752. The summed E-state index contributed by atoms with van der Waals surface area (Å²) >= 11 is 1.55. The first-order chi connectivity index (χ1) is 10.7. The minimum atomic E-state index is -0.0616. The number of carbonyl (C=O) groups is 1. The Morgan fingerprint density at radius 2 is 2.05 bits per heavy atom. The lowest BCUT2D eigenvalue weighted by Gasteiger charge is -2.23. The van der Waals surface area contributed by atoms with Crippen LogP contribution in [0, 0.1) is 0 Å². The van der Waals surface area contributed by atoms with Crippen molar-refractivity contribution in [3.8, 4) is 11.3 Å². The minimum absolute atomic E-state index is 0.0291. The van der Waals surface area contributed by atoms with Crippen molar-refractivity contribution in [3.05, 3.63) is 58.7 Å². The summed E-state index contributed by atoms with van der Waals surface area (Å²) in [5.74, 6) is -0.0616. The second-order valence-corrected chi connectivity index (χ2v) is 5.94. The van der Waals surface area contributed by atoms with Gasteiger partial charge in [-0.1, -0.05) is 30.3 Å². The van der Waals surface area contributed by atoms with Gasteiger partial charge in [-0.05, 0) is 6.92 Å². The van der Waals surface area contributed by atoms with Crippen molar-refractivity contribution in [3.63, 3.8) is 0 Å². The molecule has 5 nitrogen and oxygen atoms in total. The maximum atomic E-state index is 12.8. The molecular weight excluding hydrogens is 296 g/mol. The van der Waals surface area contributed by atoms with Gasteiger partial charge in [0.2, 0.25) is 0 Å². The van der Waals surface area contributed by atoms with E-state index < -0.39 is 0 Å². The Kier molecular flexibility index (Phi) is 4.02. The normalized spacial score (nSPS) is 12.1. The van der Waals surface area contributed by atoms with Crippen molar-refractivity contribution >= 4 is 17.2 Å². The van der Waals surface area contributed by atoms with Gasteiger partial charge in [-0.25, -0.2) is 0 Å². The van der Waals surface area contributed by atoms with E-state index in [0.717, 1.165) is 16.1 Å². The summed E-state index contributed by atoms with van der Waals surface area (Å²) in [7, 11) is 1.80. The van der Waals surface area contributed by atoms with Gasteiger partial charge in [0.1, 0.15) is 0 Å². The van der Waals surface area contributed by atoms with E-state index in [9.17, 15) is 4.79 Å². The predicted molar refractivity (Wildman–Crippen MR) is 86.6 cm³/mol. The molecule has 2 heterocycles. The molecule has 0 fully saturated rings. The first kappa shape index (κ1) is 14.5. The van der Waals surface area contributed by atoms with Crippen molar-refractivity contribution in [2.24, 2.45) is 0 Å². The van der Waals surface area contributed by atoms with Crippen LogP contribution in [0.5, 0.6) is 0 Å². The molecule has 0 aliphatic carbocycles. The number of benzene rings is 1. The van der Waals surface area contributed by atoms with Gasteiger partial charge in [0, 0.05) is 23.7 Å². The lowest BCUT2D eigenvalue weighted by molar-refractivity contribution is 0.0745. The second-order valence-electron chi connectivity index (χ2n) is 5.02. The molecular formula is C16H16N4OS. The summed E-state index contributed by atoms with van der Waals surface area (Å²) in [5.41, 5.74) is 4.04. The van der Waals surface area contributed by atoms with Crippen LogP contribution in [0.15, 0.2) is 48.2 Å². The van der Waals surface area contributed by atoms with Crippen LogP contribution in [0.4, 0.5) is 0 Å². The SMILES string of the molecule is C[C@@H](c1cncs1)N(C)C(=O)c1cn[nH]c1-c1ccccc1. The van der Waals surface area contributed by atoms with Gasteiger partial charge in [0.05, 0.1) is 29.0 Å². The molecule has 0 unspecified atom stereocenters. The zero-order valence-corrected chi connectivity index (χ0v) is 13.2. The van der Waals surface area contributed by atoms with Crippen LogP contribution in [0.1, 0.15) is 28.2 Å². The number of hydrogen-bond donors (Lipinski definition) is 1. The van der Waals surface area contributed by atoms with E-state index in [4.69, 9.17) is 0 Å². The van der Waals surface area contributed by atoms with E-state index in [1.165, 1.54) is 0 Å². The lowest BCUT2D eigenvalue weighted by atomic mass is 10.1. The van der Waals surface area contributed by atoms with E-state index in [0.29, 0.717) is 5.56 Å². The third-order valence-electron chi connectivity index (χ3n) is 3.70. The van der Waals surface area contributed by atoms with Gasteiger partial charge in [0.25, 0.3) is 5.91 Å². The number of nitrogens with one attached hydrogen (secondary N) is 1. The van der Waals surface area contributed by atoms with Crippen LogP contribution in [-0.2, 0) is 0 Å². The highest BCUT2D eigenvalue weighted by Gasteiger charge is 2.23. The molecule has 0 bridgehead atoms. The summed E-state index contributed by atoms with van der Waals surface area (Å²) in [5, 5.41) is 6.97. The molecule has 6 heteroatoms. The molecule has 2 aromatic heterocycles. The average molecular weight is 312 g/mol. The van der Waals surface area contributed by atoms with Crippen molar-refractivity contribution in [1.29, 1.82) is 0 Å². The van der Waals surface area contributed by atoms with E-state index in [-0.39, 0.29) is 11.9 Å². The zero-order valence-electron chi connectivity index (χ0n) is 12.4. The highest BCUT2D eigenvalue weighted by molar-refractivity contribution is 7.09. The van der Waals surface area contributed by atoms with Crippen molar-refractivity contribution in [1.82, 2.24) is 20.1 Å². The fourth-order valence-corrected chi connectivity index (χ4v) is 2.98. The summed E-state index contributed by atoms with van der Waals surface area (Å²) in [6.45, 7) is 1.99. The number of hydrogen-bond acceptors (Lipinski definition) is 4. The number of aromatic amines is 1. The van der Waals surface area contributed by atoms with Gasteiger partial charge < -0.3 is 4.90 Å². The second kappa shape index (κ2) is 6.11. The number of aromatic nitrogens is 3. The fraction of sp³-hybridized carbons (Fsp3) is 0.188. The Labute approximate surface area is 132 Å². The smallest absolute Gasteiger partial charge is 0.257 e. The summed E-state index contributed by atoms with van der Waals surface area (Å²) in [6, 6.07) is 9.70. The molecule has 3 aromatic rings. The Morgan fingerprint density at radius 1 is 1.27 bits per heavy atom. The van der Waals surface area contributed by atoms with E-state index >= 15 is 0 Å². The first-order valence-corrected chi connectivity index (χ1v) is 7.80. The van der Waals surface area contributed by atoms with Crippen LogP contribution in [0.2, 0.25) is 0 Å².